The van der Waals surface area contributed by atoms with Crippen LogP contribution in [0.3, 0.4) is 0 Å². The average molecular weight is 260 g/mol. The standard InChI is InChI=1S/C16H24N2O/c1-11(2)18(4)15-7-5-6-12-13(15)9-19-16(3)10-17-8-14(12)16/h5-7,11,14,17H,8-10H2,1-4H3. The van der Waals surface area contributed by atoms with E-state index in [-0.39, 0.29) is 5.60 Å². The van der Waals surface area contributed by atoms with E-state index in [1.54, 1.807) is 0 Å². The molecule has 0 bridgehead atoms. The Morgan fingerprint density at radius 3 is 2.95 bits per heavy atom. The van der Waals surface area contributed by atoms with Crippen molar-refractivity contribution in [2.24, 2.45) is 0 Å². The van der Waals surface area contributed by atoms with Crippen LogP contribution in [0.2, 0.25) is 0 Å². The molecular formula is C16H24N2O. The molecule has 1 aromatic carbocycles. The highest BCUT2D eigenvalue weighted by Crippen LogP contribution is 2.43. The number of benzene rings is 1. The summed E-state index contributed by atoms with van der Waals surface area (Å²) in [5, 5.41) is 3.48. The van der Waals surface area contributed by atoms with Gasteiger partial charge < -0.3 is 15.0 Å². The molecule has 19 heavy (non-hydrogen) atoms. The minimum absolute atomic E-state index is 0.0258. The van der Waals surface area contributed by atoms with Crippen molar-refractivity contribution in [3.05, 3.63) is 29.3 Å². The van der Waals surface area contributed by atoms with Gasteiger partial charge in [-0.25, -0.2) is 0 Å². The van der Waals surface area contributed by atoms with Crippen LogP contribution in [0.25, 0.3) is 0 Å². The fourth-order valence-electron chi connectivity index (χ4n) is 3.32. The zero-order chi connectivity index (χ0) is 13.6. The van der Waals surface area contributed by atoms with Gasteiger partial charge in [0.25, 0.3) is 0 Å². The molecule has 0 aromatic heterocycles. The highest BCUT2D eigenvalue weighted by Gasteiger charge is 2.45. The fraction of sp³-hybridized carbons (Fsp3) is 0.625. The number of ether oxygens (including phenoxy) is 1. The van der Waals surface area contributed by atoms with Gasteiger partial charge in [-0.1, -0.05) is 12.1 Å². The molecule has 2 unspecified atom stereocenters. The van der Waals surface area contributed by atoms with E-state index >= 15 is 0 Å². The van der Waals surface area contributed by atoms with Gasteiger partial charge in [0.1, 0.15) is 0 Å². The van der Waals surface area contributed by atoms with E-state index in [1.165, 1.54) is 16.8 Å². The molecule has 1 aromatic rings. The van der Waals surface area contributed by atoms with Crippen molar-refractivity contribution in [1.29, 1.82) is 0 Å². The summed E-state index contributed by atoms with van der Waals surface area (Å²) in [6, 6.07) is 7.19. The molecule has 3 rings (SSSR count). The molecule has 2 atom stereocenters. The van der Waals surface area contributed by atoms with E-state index in [1.807, 2.05) is 0 Å². The van der Waals surface area contributed by atoms with Crippen LogP contribution in [0.15, 0.2) is 18.2 Å². The molecule has 0 aliphatic carbocycles. The topological polar surface area (TPSA) is 24.5 Å². The molecule has 2 aliphatic heterocycles. The van der Waals surface area contributed by atoms with Crippen LogP contribution >= 0.6 is 0 Å². The number of anilines is 1. The molecule has 1 fully saturated rings. The van der Waals surface area contributed by atoms with Crippen molar-refractivity contribution in [3.63, 3.8) is 0 Å². The van der Waals surface area contributed by atoms with Crippen molar-refractivity contribution in [2.45, 2.75) is 44.9 Å². The first-order valence-corrected chi connectivity index (χ1v) is 7.22. The Morgan fingerprint density at radius 2 is 2.21 bits per heavy atom. The summed E-state index contributed by atoms with van der Waals surface area (Å²) in [4.78, 5) is 2.34. The molecule has 3 heteroatoms. The van der Waals surface area contributed by atoms with E-state index in [0.717, 1.165) is 19.7 Å². The molecule has 0 spiro atoms. The van der Waals surface area contributed by atoms with E-state index in [9.17, 15) is 0 Å². The van der Waals surface area contributed by atoms with Gasteiger partial charge in [0.2, 0.25) is 0 Å². The number of hydrogen-bond acceptors (Lipinski definition) is 3. The lowest BCUT2D eigenvalue weighted by molar-refractivity contribution is -0.0515. The van der Waals surface area contributed by atoms with Gasteiger partial charge in [-0.15, -0.1) is 0 Å². The van der Waals surface area contributed by atoms with E-state index in [2.05, 4.69) is 56.2 Å². The van der Waals surface area contributed by atoms with Gasteiger partial charge in [0, 0.05) is 43.3 Å². The van der Waals surface area contributed by atoms with Crippen LogP contribution in [-0.4, -0.2) is 31.8 Å². The van der Waals surface area contributed by atoms with Gasteiger partial charge in [0.05, 0.1) is 12.2 Å². The minimum atomic E-state index is -0.0258. The molecule has 2 aliphatic rings. The van der Waals surface area contributed by atoms with Gasteiger partial charge in [-0.2, -0.15) is 0 Å². The molecule has 3 nitrogen and oxygen atoms in total. The molecule has 0 radical (unpaired) electrons. The summed E-state index contributed by atoms with van der Waals surface area (Å²) in [5.41, 5.74) is 4.15. The van der Waals surface area contributed by atoms with Gasteiger partial charge in [-0.05, 0) is 32.4 Å². The molecule has 104 valence electrons. The molecular weight excluding hydrogens is 236 g/mol. The molecule has 0 amide bonds. The quantitative estimate of drug-likeness (QED) is 0.884. The largest absolute Gasteiger partial charge is 0.372 e. The van der Waals surface area contributed by atoms with E-state index in [4.69, 9.17) is 4.74 Å². The van der Waals surface area contributed by atoms with Crippen molar-refractivity contribution in [1.82, 2.24) is 5.32 Å². The first-order valence-electron chi connectivity index (χ1n) is 7.22. The maximum atomic E-state index is 6.20. The predicted molar refractivity (Wildman–Crippen MR) is 78.8 cm³/mol. The zero-order valence-electron chi connectivity index (χ0n) is 12.4. The second kappa shape index (κ2) is 4.50. The Kier molecular flexibility index (Phi) is 3.06. The third kappa shape index (κ3) is 1.96. The first-order chi connectivity index (χ1) is 9.03. The number of nitrogens with one attached hydrogen (secondary N) is 1. The lowest BCUT2D eigenvalue weighted by atomic mass is 9.81. The van der Waals surface area contributed by atoms with Crippen LogP contribution in [0, 0.1) is 0 Å². The zero-order valence-corrected chi connectivity index (χ0v) is 12.4. The number of rotatable bonds is 2. The third-order valence-corrected chi connectivity index (χ3v) is 4.83. The van der Waals surface area contributed by atoms with Gasteiger partial charge in [-0.3, -0.25) is 0 Å². The Bertz CT molecular complexity index is 486. The van der Waals surface area contributed by atoms with Crippen LogP contribution in [-0.2, 0) is 11.3 Å². The predicted octanol–water partition coefficient (Wildman–Crippen LogP) is 2.51. The summed E-state index contributed by atoms with van der Waals surface area (Å²) in [7, 11) is 2.17. The normalized spacial score (nSPS) is 29.2. The second-order valence-electron chi connectivity index (χ2n) is 6.33. The van der Waals surface area contributed by atoms with Crippen LogP contribution in [0.5, 0.6) is 0 Å². The smallest absolute Gasteiger partial charge is 0.0863 e. The minimum Gasteiger partial charge on any atom is -0.372 e. The summed E-state index contributed by atoms with van der Waals surface area (Å²) >= 11 is 0. The Hall–Kier alpha value is -1.06. The van der Waals surface area contributed by atoms with E-state index in [0.29, 0.717) is 12.0 Å². The first kappa shape index (κ1) is 12.9. The Labute approximate surface area is 115 Å². The van der Waals surface area contributed by atoms with Crippen LogP contribution < -0.4 is 10.2 Å². The molecule has 2 heterocycles. The lowest BCUT2D eigenvalue weighted by Crippen LogP contribution is -2.40. The lowest BCUT2D eigenvalue weighted by Gasteiger charge is -2.39. The van der Waals surface area contributed by atoms with Crippen LogP contribution in [0.4, 0.5) is 5.69 Å². The average Bonchev–Trinajstić information content (AvgIpc) is 2.79. The highest BCUT2D eigenvalue weighted by atomic mass is 16.5. The summed E-state index contributed by atoms with van der Waals surface area (Å²) in [5.74, 6) is 0.483. The number of hydrogen-bond donors (Lipinski definition) is 1. The number of fused-ring (bicyclic) bond motifs is 3. The number of nitrogens with zero attached hydrogens (tertiary/aromatic N) is 1. The fourth-order valence-corrected chi connectivity index (χ4v) is 3.32. The summed E-state index contributed by atoms with van der Waals surface area (Å²) in [6.07, 6.45) is 0. The van der Waals surface area contributed by atoms with Gasteiger partial charge in [0.15, 0.2) is 0 Å². The Morgan fingerprint density at radius 1 is 1.42 bits per heavy atom. The second-order valence-corrected chi connectivity index (χ2v) is 6.33. The highest BCUT2D eigenvalue weighted by molar-refractivity contribution is 5.59. The summed E-state index contributed by atoms with van der Waals surface area (Å²) in [6.45, 7) is 9.41. The maximum Gasteiger partial charge on any atom is 0.0863 e. The van der Waals surface area contributed by atoms with E-state index < -0.39 is 0 Å². The van der Waals surface area contributed by atoms with Crippen molar-refractivity contribution < 1.29 is 4.74 Å². The Balaban J connectivity index is 2.05. The summed E-state index contributed by atoms with van der Waals surface area (Å²) < 4.78 is 6.20. The third-order valence-electron chi connectivity index (χ3n) is 4.83. The molecule has 0 saturated carbocycles. The molecule has 1 N–H and O–H groups in total. The van der Waals surface area contributed by atoms with Crippen molar-refractivity contribution in [3.8, 4) is 0 Å². The molecule has 1 saturated heterocycles. The monoisotopic (exact) mass is 260 g/mol. The SMILES string of the molecule is CC(C)N(C)c1cccc2c1COC1(C)CNCC21. The van der Waals surface area contributed by atoms with Crippen molar-refractivity contribution in [2.75, 3.05) is 25.0 Å². The van der Waals surface area contributed by atoms with Crippen molar-refractivity contribution >= 4 is 5.69 Å². The maximum absolute atomic E-state index is 6.20. The van der Waals surface area contributed by atoms with Crippen LogP contribution in [0.1, 0.15) is 37.8 Å². The van der Waals surface area contributed by atoms with Gasteiger partial charge >= 0.3 is 0 Å².